The van der Waals surface area contributed by atoms with E-state index in [9.17, 15) is 5.26 Å². The molecule has 0 aliphatic heterocycles. The van der Waals surface area contributed by atoms with Gasteiger partial charge in [0, 0.05) is 12.1 Å². The summed E-state index contributed by atoms with van der Waals surface area (Å²) >= 11 is 0. The number of benzene rings is 4. The Morgan fingerprint density at radius 3 is 2.41 bits per heavy atom. The second-order valence-electron chi connectivity index (χ2n) is 9.48. The molecule has 0 aliphatic rings. The van der Waals surface area contributed by atoms with Crippen molar-refractivity contribution in [3.63, 3.8) is 0 Å². The molecule has 0 unspecified atom stereocenters. The number of hydrogen-bond donors (Lipinski definition) is 0. The zero-order valence-corrected chi connectivity index (χ0v) is 21.7. The van der Waals surface area contributed by atoms with Gasteiger partial charge in [0.25, 0.3) is 0 Å². The summed E-state index contributed by atoms with van der Waals surface area (Å²) in [5.74, 6) is 1.87. The van der Waals surface area contributed by atoms with Gasteiger partial charge in [0.15, 0.2) is 0 Å². The Hall–Kier alpha value is -4.36. The van der Waals surface area contributed by atoms with Crippen molar-refractivity contribution in [1.82, 2.24) is 9.55 Å². The van der Waals surface area contributed by atoms with E-state index in [0.717, 1.165) is 75.4 Å². The number of imidazole rings is 1. The van der Waals surface area contributed by atoms with Gasteiger partial charge in [-0.25, -0.2) is 4.98 Å². The van der Waals surface area contributed by atoms with Crippen molar-refractivity contribution < 1.29 is 4.74 Å². The zero-order chi connectivity index (χ0) is 25.8. The largest absolute Gasteiger partial charge is 0.487 e. The SMILES string of the molecule is CCCCc1nc2c(C)ccc(OCc3ccccc3)c2n1-c1ccc(-c2ccccc2C#N)c(C)c1. The van der Waals surface area contributed by atoms with Gasteiger partial charge < -0.3 is 4.74 Å². The fourth-order valence-corrected chi connectivity index (χ4v) is 4.86. The minimum absolute atomic E-state index is 0.497. The van der Waals surface area contributed by atoms with Crippen LogP contribution < -0.4 is 4.74 Å². The summed E-state index contributed by atoms with van der Waals surface area (Å²) in [6.07, 6.45) is 3.05. The lowest BCUT2D eigenvalue weighted by atomic mass is 9.96. The second kappa shape index (κ2) is 10.7. The first kappa shape index (κ1) is 24.3. The highest BCUT2D eigenvalue weighted by Gasteiger charge is 2.19. The van der Waals surface area contributed by atoms with Crippen molar-refractivity contribution in [2.75, 3.05) is 0 Å². The Morgan fingerprint density at radius 2 is 1.65 bits per heavy atom. The number of aryl methyl sites for hydroxylation is 3. The molecule has 0 aliphatic carbocycles. The Labute approximate surface area is 218 Å². The molecular weight excluding hydrogens is 454 g/mol. The van der Waals surface area contributed by atoms with Crippen LogP contribution >= 0.6 is 0 Å². The highest BCUT2D eigenvalue weighted by Crippen LogP contribution is 2.35. The summed E-state index contributed by atoms with van der Waals surface area (Å²) in [6, 6.07) is 31.0. The van der Waals surface area contributed by atoms with E-state index in [1.807, 2.05) is 42.5 Å². The van der Waals surface area contributed by atoms with Crippen LogP contribution in [0.15, 0.2) is 84.9 Å². The average molecular weight is 486 g/mol. The van der Waals surface area contributed by atoms with E-state index in [2.05, 4.69) is 73.9 Å². The first-order chi connectivity index (χ1) is 18.1. The summed E-state index contributed by atoms with van der Waals surface area (Å²) in [5.41, 5.74) is 9.12. The second-order valence-corrected chi connectivity index (χ2v) is 9.48. The molecule has 0 N–H and O–H groups in total. The minimum atomic E-state index is 0.497. The number of unbranched alkanes of at least 4 members (excludes halogenated alkanes) is 1. The number of ether oxygens (including phenoxy) is 1. The van der Waals surface area contributed by atoms with Gasteiger partial charge >= 0.3 is 0 Å². The van der Waals surface area contributed by atoms with Gasteiger partial charge in [0.05, 0.1) is 17.1 Å². The number of nitrogens with zero attached hydrogens (tertiary/aromatic N) is 3. The van der Waals surface area contributed by atoms with Crippen molar-refractivity contribution in [3.05, 3.63) is 113 Å². The zero-order valence-electron chi connectivity index (χ0n) is 21.7. The lowest BCUT2D eigenvalue weighted by Crippen LogP contribution is -2.04. The molecule has 0 saturated heterocycles. The van der Waals surface area contributed by atoms with Crippen molar-refractivity contribution in [1.29, 1.82) is 5.26 Å². The van der Waals surface area contributed by atoms with Gasteiger partial charge in [-0.15, -0.1) is 0 Å². The Morgan fingerprint density at radius 1 is 0.865 bits per heavy atom. The van der Waals surface area contributed by atoms with E-state index in [1.165, 1.54) is 0 Å². The highest BCUT2D eigenvalue weighted by molar-refractivity contribution is 5.87. The fourth-order valence-electron chi connectivity index (χ4n) is 4.86. The summed E-state index contributed by atoms with van der Waals surface area (Å²) in [6.45, 7) is 6.92. The maximum Gasteiger partial charge on any atom is 0.146 e. The van der Waals surface area contributed by atoms with E-state index in [-0.39, 0.29) is 0 Å². The van der Waals surface area contributed by atoms with Crippen molar-refractivity contribution in [3.8, 4) is 28.6 Å². The third-order valence-electron chi connectivity index (χ3n) is 6.84. The number of fused-ring (bicyclic) bond motifs is 1. The molecule has 0 atom stereocenters. The standard InChI is InChI=1S/C33H31N3O/c1-4-5-15-31-35-32-23(2)16-19-30(37-22-25-11-7-6-8-12-25)33(32)36(31)27-17-18-28(24(3)20-27)29-14-10-9-13-26(29)21-34/h6-14,16-20H,4-5,15,22H2,1-3H3. The Kier molecular flexibility index (Phi) is 7.05. The van der Waals surface area contributed by atoms with Crippen LogP contribution in [-0.2, 0) is 13.0 Å². The van der Waals surface area contributed by atoms with Gasteiger partial charge in [-0.3, -0.25) is 4.57 Å². The lowest BCUT2D eigenvalue weighted by molar-refractivity contribution is 0.309. The molecule has 1 aromatic heterocycles. The molecule has 0 saturated carbocycles. The molecule has 5 aromatic rings. The molecule has 0 fully saturated rings. The molecule has 4 nitrogen and oxygen atoms in total. The van der Waals surface area contributed by atoms with Crippen LogP contribution in [-0.4, -0.2) is 9.55 Å². The van der Waals surface area contributed by atoms with Crippen LogP contribution in [0.3, 0.4) is 0 Å². The summed E-state index contributed by atoms with van der Waals surface area (Å²) in [4.78, 5) is 5.12. The number of aromatic nitrogens is 2. The summed E-state index contributed by atoms with van der Waals surface area (Å²) in [7, 11) is 0. The van der Waals surface area contributed by atoms with Crippen molar-refractivity contribution in [2.24, 2.45) is 0 Å². The van der Waals surface area contributed by atoms with Crippen LogP contribution in [0.25, 0.3) is 27.8 Å². The Bertz CT molecular complexity index is 1590. The van der Waals surface area contributed by atoms with Gasteiger partial charge in [-0.1, -0.05) is 74.0 Å². The quantitative estimate of drug-likeness (QED) is 0.223. The van der Waals surface area contributed by atoms with E-state index < -0.39 is 0 Å². The summed E-state index contributed by atoms with van der Waals surface area (Å²) in [5, 5.41) is 9.63. The van der Waals surface area contributed by atoms with Crippen LogP contribution in [0.4, 0.5) is 0 Å². The van der Waals surface area contributed by atoms with Crippen molar-refractivity contribution >= 4 is 11.0 Å². The normalized spacial score (nSPS) is 11.0. The van der Waals surface area contributed by atoms with Crippen LogP contribution in [0.2, 0.25) is 0 Å². The van der Waals surface area contributed by atoms with E-state index in [4.69, 9.17) is 9.72 Å². The molecule has 1 heterocycles. The molecule has 184 valence electrons. The molecule has 4 aromatic carbocycles. The fraction of sp³-hybridized carbons (Fsp3) is 0.212. The van der Waals surface area contributed by atoms with Gasteiger partial charge in [-0.05, 0) is 72.4 Å². The molecule has 0 spiro atoms. The average Bonchev–Trinajstić information content (AvgIpc) is 3.32. The molecule has 0 radical (unpaired) electrons. The molecule has 4 heteroatoms. The van der Waals surface area contributed by atoms with Gasteiger partial charge in [0.1, 0.15) is 23.7 Å². The predicted octanol–water partition coefficient (Wildman–Crippen LogP) is 8.10. The van der Waals surface area contributed by atoms with Gasteiger partial charge in [-0.2, -0.15) is 5.26 Å². The van der Waals surface area contributed by atoms with Crippen LogP contribution in [0, 0.1) is 25.2 Å². The third-order valence-corrected chi connectivity index (χ3v) is 6.84. The molecule has 0 amide bonds. The highest BCUT2D eigenvalue weighted by atomic mass is 16.5. The molecule has 0 bridgehead atoms. The maximum absolute atomic E-state index is 9.63. The molecule has 5 rings (SSSR count). The number of hydrogen-bond acceptors (Lipinski definition) is 3. The predicted molar refractivity (Wildman–Crippen MR) is 150 cm³/mol. The number of rotatable bonds is 8. The van der Waals surface area contributed by atoms with E-state index in [1.54, 1.807) is 0 Å². The smallest absolute Gasteiger partial charge is 0.146 e. The van der Waals surface area contributed by atoms with Crippen LogP contribution in [0.5, 0.6) is 5.75 Å². The first-order valence-corrected chi connectivity index (χ1v) is 12.9. The van der Waals surface area contributed by atoms with E-state index in [0.29, 0.717) is 12.2 Å². The first-order valence-electron chi connectivity index (χ1n) is 12.9. The number of nitriles is 1. The topological polar surface area (TPSA) is 50.8 Å². The Balaban J connectivity index is 1.65. The lowest BCUT2D eigenvalue weighted by Gasteiger charge is -2.16. The third kappa shape index (κ3) is 4.86. The van der Waals surface area contributed by atoms with Crippen LogP contribution in [0.1, 0.15) is 47.8 Å². The van der Waals surface area contributed by atoms with E-state index >= 15 is 0 Å². The van der Waals surface area contributed by atoms with Crippen molar-refractivity contribution in [2.45, 2.75) is 46.6 Å². The monoisotopic (exact) mass is 485 g/mol. The molecule has 37 heavy (non-hydrogen) atoms. The minimum Gasteiger partial charge on any atom is -0.487 e. The summed E-state index contributed by atoms with van der Waals surface area (Å²) < 4.78 is 8.67. The van der Waals surface area contributed by atoms with Gasteiger partial charge in [0.2, 0.25) is 0 Å². The molecular formula is C33H31N3O. The maximum atomic E-state index is 9.63.